The zero-order chi connectivity index (χ0) is 14.5. The van der Waals surface area contributed by atoms with Crippen LogP contribution >= 0.6 is 0 Å². The first kappa shape index (κ1) is 15.6. The van der Waals surface area contributed by atoms with Crippen molar-refractivity contribution in [3.63, 3.8) is 0 Å². The van der Waals surface area contributed by atoms with Gasteiger partial charge in [0, 0.05) is 6.54 Å². The van der Waals surface area contributed by atoms with Gasteiger partial charge in [0.1, 0.15) is 12.2 Å². The lowest BCUT2D eigenvalue weighted by molar-refractivity contribution is -0.120. The minimum atomic E-state index is -3.37. The van der Waals surface area contributed by atoms with E-state index in [9.17, 15) is 13.2 Å². The number of sulfonamides is 1. The van der Waals surface area contributed by atoms with Crippen LogP contribution in [-0.2, 0) is 21.4 Å². The average Bonchev–Trinajstić information content (AvgIpc) is 2.80. The fourth-order valence-corrected chi connectivity index (χ4v) is 1.97. The molecular weight excluding hydrogens is 270 g/mol. The Labute approximate surface area is 112 Å². The molecule has 19 heavy (non-hydrogen) atoms. The highest BCUT2D eigenvalue weighted by Crippen LogP contribution is 2.12. The first-order valence-corrected chi connectivity index (χ1v) is 7.88. The van der Waals surface area contributed by atoms with Crippen molar-refractivity contribution in [2.24, 2.45) is 0 Å². The van der Waals surface area contributed by atoms with E-state index in [2.05, 4.69) is 20.1 Å². The molecule has 0 aliphatic rings. The van der Waals surface area contributed by atoms with Gasteiger partial charge in [-0.15, -0.1) is 0 Å². The molecule has 0 spiro atoms. The third-order valence-electron chi connectivity index (χ3n) is 2.50. The molecule has 1 amide bonds. The van der Waals surface area contributed by atoms with Crippen LogP contribution < -0.4 is 10.0 Å². The summed E-state index contributed by atoms with van der Waals surface area (Å²) < 4.78 is 25.6. The monoisotopic (exact) mass is 289 g/mol. The molecule has 0 aromatic carbocycles. The standard InChI is InChI=1S/C10H19N5O3S/c1-4-8(10-11-7-12-15(10)5-2)14-9(16)6-13-19(3,17)18/h7-8,13H,4-6H2,1-3H3,(H,14,16)/t8-/m0/s1. The van der Waals surface area contributed by atoms with E-state index in [-0.39, 0.29) is 12.6 Å². The number of aromatic nitrogens is 3. The van der Waals surface area contributed by atoms with E-state index in [4.69, 9.17) is 0 Å². The van der Waals surface area contributed by atoms with Gasteiger partial charge >= 0.3 is 0 Å². The topological polar surface area (TPSA) is 106 Å². The Kier molecular flexibility index (Phi) is 5.43. The largest absolute Gasteiger partial charge is 0.345 e. The van der Waals surface area contributed by atoms with Gasteiger partial charge < -0.3 is 5.32 Å². The summed E-state index contributed by atoms with van der Waals surface area (Å²) >= 11 is 0. The summed E-state index contributed by atoms with van der Waals surface area (Å²) in [4.78, 5) is 15.8. The second kappa shape index (κ2) is 6.62. The Balaban J connectivity index is 2.65. The predicted molar refractivity (Wildman–Crippen MR) is 69.7 cm³/mol. The van der Waals surface area contributed by atoms with Gasteiger partial charge in [0.15, 0.2) is 0 Å². The van der Waals surface area contributed by atoms with Crippen molar-refractivity contribution in [3.05, 3.63) is 12.2 Å². The molecule has 9 heteroatoms. The molecule has 0 aliphatic heterocycles. The fourth-order valence-electron chi connectivity index (χ4n) is 1.58. The Bertz CT molecular complexity index is 525. The highest BCUT2D eigenvalue weighted by molar-refractivity contribution is 7.88. The zero-order valence-corrected chi connectivity index (χ0v) is 12.1. The number of hydrogen-bond acceptors (Lipinski definition) is 5. The SMILES string of the molecule is CC[C@H](NC(=O)CNS(C)(=O)=O)c1ncnn1CC. The third-order valence-corrected chi connectivity index (χ3v) is 3.16. The van der Waals surface area contributed by atoms with E-state index >= 15 is 0 Å². The molecule has 0 radical (unpaired) electrons. The Morgan fingerprint density at radius 1 is 1.47 bits per heavy atom. The van der Waals surface area contributed by atoms with Gasteiger partial charge in [-0.2, -0.15) is 5.10 Å². The van der Waals surface area contributed by atoms with Crippen LogP contribution in [0, 0.1) is 0 Å². The van der Waals surface area contributed by atoms with Gasteiger partial charge in [-0.05, 0) is 13.3 Å². The Morgan fingerprint density at radius 3 is 2.68 bits per heavy atom. The molecule has 1 rings (SSSR count). The minimum Gasteiger partial charge on any atom is -0.345 e. The quantitative estimate of drug-likeness (QED) is 0.698. The van der Waals surface area contributed by atoms with Crippen molar-refractivity contribution in [1.29, 1.82) is 0 Å². The van der Waals surface area contributed by atoms with Crippen LogP contribution in [0.5, 0.6) is 0 Å². The number of nitrogens with one attached hydrogen (secondary N) is 2. The molecule has 0 unspecified atom stereocenters. The number of hydrogen-bond donors (Lipinski definition) is 2. The van der Waals surface area contributed by atoms with Gasteiger partial charge in [-0.3, -0.25) is 4.79 Å². The molecule has 0 saturated carbocycles. The molecule has 0 fully saturated rings. The molecule has 0 aliphatic carbocycles. The van der Waals surface area contributed by atoms with Gasteiger partial charge in [-0.25, -0.2) is 22.8 Å². The summed E-state index contributed by atoms with van der Waals surface area (Å²) in [6, 6.07) is -0.281. The molecule has 0 bridgehead atoms. The lowest BCUT2D eigenvalue weighted by Crippen LogP contribution is -2.38. The number of amides is 1. The highest BCUT2D eigenvalue weighted by atomic mass is 32.2. The van der Waals surface area contributed by atoms with Crippen LogP contribution in [-0.4, -0.2) is 41.9 Å². The summed E-state index contributed by atoms with van der Waals surface area (Å²) in [5.74, 6) is 0.264. The second-order valence-corrected chi connectivity index (χ2v) is 5.89. The van der Waals surface area contributed by atoms with Gasteiger partial charge in [0.25, 0.3) is 0 Å². The van der Waals surface area contributed by atoms with Crippen molar-refractivity contribution in [2.45, 2.75) is 32.9 Å². The molecular formula is C10H19N5O3S. The lowest BCUT2D eigenvalue weighted by Gasteiger charge is -2.16. The first-order valence-electron chi connectivity index (χ1n) is 5.99. The van der Waals surface area contributed by atoms with E-state index in [1.807, 2.05) is 13.8 Å². The Hall–Kier alpha value is -1.48. The lowest BCUT2D eigenvalue weighted by atomic mass is 10.2. The summed E-state index contributed by atoms with van der Waals surface area (Å²) in [6.45, 7) is 4.21. The van der Waals surface area contributed by atoms with Crippen molar-refractivity contribution in [2.75, 3.05) is 12.8 Å². The van der Waals surface area contributed by atoms with Crippen LogP contribution in [0.25, 0.3) is 0 Å². The number of rotatable bonds is 7. The van der Waals surface area contributed by atoms with Crippen molar-refractivity contribution < 1.29 is 13.2 Å². The predicted octanol–water partition coefficient (Wildman–Crippen LogP) is -0.585. The van der Waals surface area contributed by atoms with E-state index in [1.54, 1.807) is 4.68 Å². The van der Waals surface area contributed by atoms with Crippen LogP contribution in [0.3, 0.4) is 0 Å². The minimum absolute atomic E-state index is 0.281. The Morgan fingerprint density at radius 2 is 2.16 bits per heavy atom. The molecule has 1 atom stereocenters. The molecule has 8 nitrogen and oxygen atoms in total. The smallest absolute Gasteiger partial charge is 0.235 e. The normalized spacial score (nSPS) is 13.2. The summed E-state index contributed by atoms with van der Waals surface area (Å²) in [5.41, 5.74) is 0. The third kappa shape index (κ3) is 4.95. The van der Waals surface area contributed by atoms with Crippen LogP contribution in [0.1, 0.15) is 32.1 Å². The number of carbonyl (C=O) groups excluding carboxylic acids is 1. The highest BCUT2D eigenvalue weighted by Gasteiger charge is 2.18. The van der Waals surface area contributed by atoms with Crippen molar-refractivity contribution in [1.82, 2.24) is 24.8 Å². The maximum Gasteiger partial charge on any atom is 0.235 e. The van der Waals surface area contributed by atoms with E-state index in [1.165, 1.54) is 6.33 Å². The molecule has 0 saturated heterocycles. The van der Waals surface area contributed by atoms with Gasteiger partial charge in [-0.1, -0.05) is 6.92 Å². The molecule has 108 valence electrons. The zero-order valence-electron chi connectivity index (χ0n) is 11.3. The van der Waals surface area contributed by atoms with Crippen LogP contribution in [0.15, 0.2) is 6.33 Å². The number of carbonyl (C=O) groups is 1. The van der Waals surface area contributed by atoms with Gasteiger partial charge in [0.2, 0.25) is 15.9 Å². The summed E-state index contributed by atoms with van der Waals surface area (Å²) in [5, 5.41) is 6.77. The molecule has 1 aromatic heterocycles. The van der Waals surface area contributed by atoms with E-state index in [0.717, 1.165) is 6.26 Å². The number of nitrogens with zero attached hydrogens (tertiary/aromatic N) is 3. The van der Waals surface area contributed by atoms with Crippen LogP contribution in [0.4, 0.5) is 0 Å². The first-order chi connectivity index (χ1) is 8.87. The van der Waals surface area contributed by atoms with E-state index in [0.29, 0.717) is 18.8 Å². The molecule has 1 heterocycles. The molecule has 2 N–H and O–H groups in total. The van der Waals surface area contributed by atoms with Gasteiger partial charge in [0.05, 0.1) is 18.8 Å². The van der Waals surface area contributed by atoms with Crippen molar-refractivity contribution in [3.8, 4) is 0 Å². The molecule has 1 aromatic rings. The second-order valence-electron chi connectivity index (χ2n) is 4.06. The van der Waals surface area contributed by atoms with E-state index < -0.39 is 15.9 Å². The number of aryl methyl sites for hydroxylation is 1. The maximum atomic E-state index is 11.7. The van der Waals surface area contributed by atoms with Crippen molar-refractivity contribution >= 4 is 15.9 Å². The maximum absolute atomic E-state index is 11.7. The average molecular weight is 289 g/mol. The summed E-state index contributed by atoms with van der Waals surface area (Å²) in [6.07, 6.45) is 3.08. The summed E-state index contributed by atoms with van der Waals surface area (Å²) in [7, 11) is -3.37. The van der Waals surface area contributed by atoms with Crippen LogP contribution in [0.2, 0.25) is 0 Å². The fraction of sp³-hybridized carbons (Fsp3) is 0.700.